The lowest BCUT2D eigenvalue weighted by Gasteiger charge is -2.18. The Labute approximate surface area is 211 Å². The normalized spacial score (nSPS) is 19.2. The summed E-state index contributed by atoms with van der Waals surface area (Å²) in [5.41, 5.74) is 5.23. The first-order valence-corrected chi connectivity index (χ1v) is 12.4. The van der Waals surface area contributed by atoms with Crippen molar-refractivity contribution in [1.29, 1.82) is 0 Å². The zero-order chi connectivity index (χ0) is 23.8. The van der Waals surface area contributed by atoms with Crippen LogP contribution in [0.5, 0.6) is 0 Å². The van der Waals surface area contributed by atoms with Crippen LogP contribution in [0, 0.1) is 5.92 Å². The molecule has 3 aromatic rings. The molecule has 4 rings (SSSR count). The quantitative estimate of drug-likeness (QED) is 0.321. The highest BCUT2D eigenvalue weighted by atomic mass is 35.5. The van der Waals surface area contributed by atoms with Crippen molar-refractivity contribution in [3.8, 4) is 0 Å². The molecule has 176 valence electrons. The van der Waals surface area contributed by atoms with E-state index in [2.05, 4.69) is 51.8 Å². The minimum atomic E-state index is 0.516. The zero-order valence-electron chi connectivity index (χ0n) is 19.3. The SMILES string of the molecule is CC1C/C=C(Nc2ccc(Cl)c(Cl)c2)\N=C(\c2cncc(NCCCc3ccncc3)c2)CC1. The third-order valence-corrected chi connectivity index (χ3v) is 6.57. The van der Waals surface area contributed by atoms with Crippen LogP contribution in [0.3, 0.4) is 0 Å². The minimum Gasteiger partial charge on any atom is -0.384 e. The summed E-state index contributed by atoms with van der Waals surface area (Å²) >= 11 is 12.3. The second-order valence-electron chi connectivity index (χ2n) is 8.63. The number of hydrogen-bond donors (Lipinski definition) is 2. The largest absolute Gasteiger partial charge is 0.384 e. The number of allylic oxidation sites excluding steroid dienone is 1. The summed E-state index contributed by atoms with van der Waals surface area (Å²) < 4.78 is 0. The molecule has 34 heavy (non-hydrogen) atoms. The minimum absolute atomic E-state index is 0.516. The molecular weight excluding hydrogens is 465 g/mol. The van der Waals surface area contributed by atoms with Crippen molar-refractivity contribution in [1.82, 2.24) is 9.97 Å². The molecule has 2 N–H and O–H groups in total. The fraction of sp³-hybridized carbons (Fsp3) is 0.296. The van der Waals surface area contributed by atoms with Gasteiger partial charge in [-0.15, -0.1) is 0 Å². The summed E-state index contributed by atoms with van der Waals surface area (Å²) in [5, 5.41) is 7.95. The number of rotatable bonds is 8. The fourth-order valence-electron chi connectivity index (χ4n) is 3.84. The molecule has 0 saturated carbocycles. The Balaban J connectivity index is 1.45. The third-order valence-electron chi connectivity index (χ3n) is 5.83. The van der Waals surface area contributed by atoms with Gasteiger partial charge < -0.3 is 10.6 Å². The zero-order valence-corrected chi connectivity index (χ0v) is 20.8. The molecule has 2 aromatic heterocycles. The number of aliphatic imine (C=N–C) groups is 1. The van der Waals surface area contributed by atoms with Gasteiger partial charge in [-0.1, -0.05) is 30.1 Å². The predicted octanol–water partition coefficient (Wildman–Crippen LogP) is 7.39. The number of nitrogens with zero attached hydrogens (tertiary/aromatic N) is 3. The van der Waals surface area contributed by atoms with Gasteiger partial charge in [-0.05, 0) is 86.1 Å². The fourth-order valence-corrected chi connectivity index (χ4v) is 4.14. The second kappa shape index (κ2) is 12.0. The first-order valence-electron chi connectivity index (χ1n) is 11.6. The number of aromatic nitrogens is 2. The molecule has 0 radical (unpaired) electrons. The van der Waals surface area contributed by atoms with E-state index in [1.54, 1.807) is 6.07 Å². The number of aryl methyl sites for hydroxylation is 1. The van der Waals surface area contributed by atoms with Gasteiger partial charge in [-0.2, -0.15) is 0 Å². The van der Waals surface area contributed by atoms with Gasteiger partial charge in [-0.3, -0.25) is 9.97 Å². The van der Waals surface area contributed by atoms with Crippen molar-refractivity contribution in [2.45, 2.75) is 39.0 Å². The summed E-state index contributed by atoms with van der Waals surface area (Å²) in [6.45, 7) is 3.15. The highest BCUT2D eigenvalue weighted by molar-refractivity contribution is 6.42. The summed E-state index contributed by atoms with van der Waals surface area (Å²) in [6, 6.07) is 11.8. The first kappa shape index (κ1) is 24.2. The van der Waals surface area contributed by atoms with Crippen molar-refractivity contribution in [3.05, 3.63) is 94.3 Å². The van der Waals surface area contributed by atoms with E-state index in [0.717, 1.165) is 67.1 Å². The second-order valence-corrected chi connectivity index (χ2v) is 9.44. The van der Waals surface area contributed by atoms with E-state index in [1.165, 1.54) is 5.56 Å². The van der Waals surface area contributed by atoms with Gasteiger partial charge in [0.1, 0.15) is 5.82 Å². The third kappa shape index (κ3) is 7.05. The van der Waals surface area contributed by atoms with Crippen LogP contribution >= 0.6 is 23.2 Å². The molecule has 0 saturated heterocycles. The monoisotopic (exact) mass is 493 g/mol. The molecule has 0 aliphatic carbocycles. The highest BCUT2D eigenvalue weighted by Crippen LogP contribution is 2.27. The van der Waals surface area contributed by atoms with Gasteiger partial charge >= 0.3 is 0 Å². The van der Waals surface area contributed by atoms with Crippen molar-refractivity contribution in [2.24, 2.45) is 10.9 Å². The molecule has 7 heteroatoms. The topological polar surface area (TPSA) is 62.2 Å². The Kier molecular flexibility index (Phi) is 8.56. The molecule has 1 aromatic carbocycles. The number of halogens is 2. The molecule has 5 nitrogen and oxygen atoms in total. The average molecular weight is 494 g/mol. The van der Waals surface area contributed by atoms with Gasteiger partial charge in [0, 0.05) is 42.6 Å². The molecule has 0 spiro atoms. The van der Waals surface area contributed by atoms with E-state index < -0.39 is 0 Å². The lowest BCUT2D eigenvalue weighted by atomic mass is 9.96. The molecule has 0 amide bonds. The van der Waals surface area contributed by atoms with Crippen LogP contribution in [-0.2, 0) is 6.42 Å². The van der Waals surface area contributed by atoms with Crippen LogP contribution in [0.2, 0.25) is 10.0 Å². The first-order chi connectivity index (χ1) is 16.6. The lowest BCUT2D eigenvalue weighted by Crippen LogP contribution is -2.12. The maximum absolute atomic E-state index is 6.20. The smallest absolute Gasteiger partial charge is 0.126 e. The predicted molar refractivity (Wildman–Crippen MR) is 143 cm³/mol. The van der Waals surface area contributed by atoms with Gasteiger partial charge in [0.25, 0.3) is 0 Å². The summed E-state index contributed by atoms with van der Waals surface area (Å²) in [7, 11) is 0. The van der Waals surface area contributed by atoms with E-state index >= 15 is 0 Å². The highest BCUT2D eigenvalue weighted by Gasteiger charge is 2.13. The van der Waals surface area contributed by atoms with Gasteiger partial charge in [0.2, 0.25) is 0 Å². The Morgan fingerprint density at radius 2 is 1.82 bits per heavy atom. The molecule has 0 bridgehead atoms. The van der Waals surface area contributed by atoms with Crippen molar-refractivity contribution >= 4 is 40.3 Å². The number of benzene rings is 1. The van der Waals surface area contributed by atoms with Crippen LogP contribution in [0.15, 0.2) is 78.1 Å². The molecular formula is C27H29Cl2N5. The van der Waals surface area contributed by atoms with E-state index in [-0.39, 0.29) is 0 Å². The molecule has 0 fully saturated rings. The van der Waals surface area contributed by atoms with Crippen molar-refractivity contribution in [2.75, 3.05) is 17.2 Å². The molecule has 1 unspecified atom stereocenters. The van der Waals surface area contributed by atoms with E-state index in [1.807, 2.05) is 36.9 Å². The van der Waals surface area contributed by atoms with Crippen LogP contribution in [0.1, 0.15) is 43.7 Å². The number of anilines is 2. The molecule has 1 aliphatic rings. The Morgan fingerprint density at radius 3 is 2.65 bits per heavy atom. The van der Waals surface area contributed by atoms with Gasteiger partial charge in [0.15, 0.2) is 0 Å². The Morgan fingerprint density at radius 1 is 0.971 bits per heavy atom. The van der Waals surface area contributed by atoms with Gasteiger partial charge in [0.05, 0.1) is 21.4 Å². The standard InChI is InChI=1S/C27H29Cl2N5/c1-19-4-8-26(34-27(9-5-19)33-22-6-7-24(28)25(29)16-22)21-15-23(18-31-17-21)32-12-2-3-20-10-13-30-14-11-20/h6-7,9-11,13-19,32-33H,2-5,8,12H2,1H3/b27-9-,34-26+. The maximum atomic E-state index is 6.20. The maximum Gasteiger partial charge on any atom is 0.126 e. The molecule has 1 aliphatic heterocycles. The van der Waals surface area contributed by atoms with E-state index in [0.29, 0.717) is 16.0 Å². The van der Waals surface area contributed by atoms with Crippen LogP contribution in [0.25, 0.3) is 0 Å². The average Bonchev–Trinajstić information content (AvgIpc) is 2.84. The Hall–Kier alpha value is -2.89. The van der Waals surface area contributed by atoms with Crippen molar-refractivity contribution in [3.63, 3.8) is 0 Å². The Bertz CT molecular complexity index is 1160. The van der Waals surface area contributed by atoms with E-state index in [4.69, 9.17) is 28.2 Å². The van der Waals surface area contributed by atoms with Crippen LogP contribution < -0.4 is 10.6 Å². The lowest BCUT2D eigenvalue weighted by molar-refractivity contribution is 0.549. The van der Waals surface area contributed by atoms with Crippen molar-refractivity contribution < 1.29 is 0 Å². The van der Waals surface area contributed by atoms with Gasteiger partial charge in [-0.25, -0.2) is 4.99 Å². The summed E-state index contributed by atoms with van der Waals surface area (Å²) in [4.78, 5) is 13.5. The van der Waals surface area contributed by atoms with Crippen LogP contribution in [0.4, 0.5) is 11.4 Å². The number of hydrogen-bond acceptors (Lipinski definition) is 5. The molecule has 3 heterocycles. The van der Waals surface area contributed by atoms with E-state index in [9.17, 15) is 0 Å². The molecule has 1 atom stereocenters. The number of pyridine rings is 2. The summed E-state index contributed by atoms with van der Waals surface area (Å²) in [6.07, 6.45) is 14.6. The summed E-state index contributed by atoms with van der Waals surface area (Å²) in [5.74, 6) is 1.38. The number of nitrogens with one attached hydrogen (secondary N) is 2. The van der Waals surface area contributed by atoms with Crippen LogP contribution in [-0.4, -0.2) is 22.2 Å².